The maximum Gasteiger partial charge on any atom is 0.260 e. The molecule has 182 valence electrons. The summed E-state index contributed by atoms with van der Waals surface area (Å²) in [6, 6.07) is 6.48. The van der Waals surface area contributed by atoms with Gasteiger partial charge in [-0.15, -0.1) is 0 Å². The zero-order valence-electron chi connectivity index (χ0n) is 21.1. The van der Waals surface area contributed by atoms with Crippen molar-refractivity contribution in [3.63, 3.8) is 0 Å². The van der Waals surface area contributed by atoms with Gasteiger partial charge in [0.1, 0.15) is 30.2 Å². The molecule has 2 heterocycles. The molecule has 6 aliphatic rings. The summed E-state index contributed by atoms with van der Waals surface area (Å²) >= 11 is 0. The molecule has 2 aliphatic heterocycles. The van der Waals surface area contributed by atoms with E-state index in [4.69, 9.17) is 28.1 Å². The fourth-order valence-corrected chi connectivity index (χ4v) is 7.27. The van der Waals surface area contributed by atoms with Crippen molar-refractivity contribution in [2.75, 3.05) is 13.6 Å². The first kappa shape index (κ1) is 19.0. The van der Waals surface area contributed by atoms with Crippen molar-refractivity contribution in [1.29, 1.82) is 0 Å². The van der Waals surface area contributed by atoms with Crippen molar-refractivity contribution in [1.82, 2.24) is 0 Å². The second-order valence-electron chi connectivity index (χ2n) is 10.3. The van der Waals surface area contributed by atoms with Gasteiger partial charge in [-0.05, 0) is 67.9 Å². The number of benzene rings is 1. The first-order valence-electron chi connectivity index (χ1n) is 13.2. The number of ether oxygens (including phenoxy) is 3. The highest BCUT2D eigenvalue weighted by atomic mass is 17.3. The van der Waals surface area contributed by atoms with E-state index in [1.807, 2.05) is 0 Å². The summed E-state index contributed by atoms with van der Waals surface area (Å²) in [6.07, 6.45) is -2.25. The average molecular weight is 468 g/mol. The van der Waals surface area contributed by atoms with Gasteiger partial charge in [-0.3, -0.25) is 0 Å². The Kier molecular flexibility index (Phi) is 4.51. The Bertz CT molecular complexity index is 960. The molecule has 33 heavy (non-hydrogen) atoms. The van der Waals surface area contributed by atoms with Crippen LogP contribution < -0.4 is 4.74 Å². The number of hydrogen-bond acceptors (Lipinski definition) is 9. The molecule has 1 aromatic carbocycles. The Morgan fingerprint density at radius 2 is 1.73 bits per heavy atom. The van der Waals surface area contributed by atoms with Crippen LogP contribution in [-0.2, 0) is 25.0 Å². The van der Waals surface area contributed by atoms with E-state index in [1.54, 1.807) is 24.3 Å². The van der Waals surface area contributed by atoms with Crippen LogP contribution in [0.15, 0.2) is 24.3 Å². The smallest absolute Gasteiger partial charge is 0.260 e. The third-order valence-corrected chi connectivity index (χ3v) is 8.62. The highest BCUT2D eigenvalue weighted by Gasteiger charge is 2.76. The van der Waals surface area contributed by atoms with Crippen LogP contribution in [0.5, 0.6) is 5.75 Å². The van der Waals surface area contributed by atoms with Gasteiger partial charge in [0.25, 0.3) is 5.79 Å². The van der Waals surface area contributed by atoms with E-state index in [2.05, 4.69) is 0 Å². The predicted molar refractivity (Wildman–Crippen MR) is 111 cm³/mol. The van der Waals surface area contributed by atoms with Gasteiger partial charge >= 0.3 is 0 Å². The molecule has 1 spiro atoms. The topological polar surface area (TPSA) is 127 Å². The number of hydrogen-bond donors (Lipinski definition) is 4. The predicted octanol–water partition coefficient (Wildman–Crippen LogP) is 0.821. The van der Waals surface area contributed by atoms with Crippen LogP contribution in [0.25, 0.3) is 0 Å². The van der Waals surface area contributed by atoms with Crippen LogP contribution in [-0.4, -0.2) is 70.4 Å². The molecule has 0 radical (unpaired) electrons. The molecule has 9 heteroatoms. The molecular weight excluding hydrogens is 432 g/mol. The van der Waals surface area contributed by atoms with Gasteiger partial charge in [-0.1, -0.05) is 12.1 Å². The summed E-state index contributed by atoms with van der Waals surface area (Å²) in [5, 5.41) is 40.0. The molecule has 6 atom stereocenters. The summed E-state index contributed by atoms with van der Waals surface area (Å²) in [6.45, 7) is -0.584. The van der Waals surface area contributed by atoms with E-state index in [1.165, 1.54) is 6.42 Å². The third-order valence-electron chi connectivity index (χ3n) is 8.62. The first-order valence-corrected chi connectivity index (χ1v) is 11.7. The van der Waals surface area contributed by atoms with E-state index in [9.17, 15) is 20.4 Å². The number of rotatable bonds is 5. The first-order chi connectivity index (χ1) is 17.1. The molecule has 2 saturated heterocycles. The van der Waals surface area contributed by atoms with Crippen molar-refractivity contribution in [2.24, 2.45) is 23.7 Å². The van der Waals surface area contributed by atoms with Crippen molar-refractivity contribution in [3.8, 4) is 5.75 Å². The van der Waals surface area contributed by atoms with Crippen molar-refractivity contribution < 1.29 is 48.5 Å². The summed E-state index contributed by atoms with van der Waals surface area (Å²) < 4.78 is 40.8. The van der Waals surface area contributed by atoms with Gasteiger partial charge in [0.05, 0.1) is 10.7 Å². The molecule has 6 fully saturated rings. The molecule has 4 aliphatic carbocycles. The zero-order chi connectivity index (χ0) is 25.5. The second-order valence-corrected chi connectivity index (χ2v) is 10.3. The number of methoxy groups -OCH3 is 1. The van der Waals surface area contributed by atoms with Crippen LogP contribution >= 0.6 is 0 Å². The molecule has 4 bridgehead atoms. The maximum absolute atomic E-state index is 10.4. The van der Waals surface area contributed by atoms with Gasteiger partial charge in [-0.25, -0.2) is 4.89 Å². The van der Waals surface area contributed by atoms with Crippen LogP contribution in [0.2, 0.25) is 0 Å². The third kappa shape index (κ3) is 3.01. The molecule has 7 rings (SSSR count). The SMILES string of the molecule is [2H]C([2H])([2H])OC1(c2cccc(O[C@@H]3OC(CO)[C@H](O)C(O)[C@@H]3O)c2)OOC12C1CC3CC(C1)CC2C3. The monoisotopic (exact) mass is 467 g/mol. The van der Waals surface area contributed by atoms with Gasteiger partial charge in [0.2, 0.25) is 6.29 Å². The Labute approximate surface area is 196 Å². The summed E-state index contributed by atoms with van der Waals surface area (Å²) in [5.41, 5.74) is -0.532. The van der Waals surface area contributed by atoms with Crippen molar-refractivity contribution in [2.45, 2.75) is 74.2 Å². The lowest BCUT2D eigenvalue weighted by Crippen LogP contribution is -2.76. The van der Waals surface area contributed by atoms with Gasteiger partial charge in [-0.2, -0.15) is 4.89 Å². The van der Waals surface area contributed by atoms with Crippen molar-refractivity contribution in [3.05, 3.63) is 29.8 Å². The lowest BCUT2D eigenvalue weighted by atomic mass is 9.47. The van der Waals surface area contributed by atoms with Crippen LogP contribution in [0.3, 0.4) is 0 Å². The van der Waals surface area contributed by atoms with Gasteiger partial charge < -0.3 is 34.6 Å². The second kappa shape index (κ2) is 7.86. The van der Waals surface area contributed by atoms with E-state index in [0.29, 0.717) is 17.4 Å². The highest BCUT2D eigenvalue weighted by molar-refractivity contribution is 5.36. The minimum absolute atomic E-state index is 0.0971. The maximum atomic E-state index is 10.4. The fraction of sp³-hybridized carbons (Fsp3) is 0.750. The van der Waals surface area contributed by atoms with Gasteiger partial charge in [0.15, 0.2) is 5.60 Å². The molecule has 4 N–H and O–H groups in total. The van der Waals surface area contributed by atoms with Crippen LogP contribution in [0, 0.1) is 23.7 Å². The molecule has 0 aromatic heterocycles. The summed E-state index contributed by atoms with van der Waals surface area (Å²) in [7, 11) is -2.76. The quantitative estimate of drug-likeness (QED) is 0.466. The molecule has 9 nitrogen and oxygen atoms in total. The minimum atomic E-state index is -2.76. The molecule has 3 unspecified atom stereocenters. The van der Waals surface area contributed by atoms with E-state index in [-0.39, 0.29) is 17.6 Å². The van der Waals surface area contributed by atoms with Crippen molar-refractivity contribution >= 4 is 0 Å². The Hall–Kier alpha value is -1.30. The molecule has 4 saturated carbocycles. The van der Waals surface area contributed by atoms with Crippen LogP contribution in [0.4, 0.5) is 0 Å². The number of aliphatic hydroxyl groups is 4. The normalized spacial score (nSPS) is 52.1. The number of aliphatic hydroxyl groups excluding tert-OH is 4. The standard InChI is InChI=1S/C24H32O9/c1-29-24(23(32-33-24)15-6-12-5-13(8-15)9-16(23)7-12)14-3-2-4-17(10-14)30-22-21(28)20(27)19(26)18(11-25)31-22/h2-4,10,12-13,15-16,18-22,25-28H,5-9,11H2,1H3/t12?,13?,15?,16?,18?,19-,20?,21-,22+,23?,24?/m0/s1/i1D3. The fourth-order valence-electron chi connectivity index (χ4n) is 7.27. The molecular formula is C24H32O9. The highest BCUT2D eigenvalue weighted by Crippen LogP contribution is 2.69. The summed E-state index contributed by atoms with van der Waals surface area (Å²) in [4.78, 5) is 11.6. The van der Waals surface area contributed by atoms with E-state index < -0.39 is 55.7 Å². The van der Waals surface area contributed by atoms with E-state index >= 15 is 0 Å². The van der Waals surface area contributed by atoms with E-state index in [0.717, 1.165) is 25.7 Å². The van der Waals surface area contributed by atoms with Gasteiger partial charge in [0, 0.05) is 12.6 Å². The lowest BCUT2D eigenvalue weighted by molar-refractivity contribution is -0.645. The lowest BCUT2D eigenvalue weighted by Gasteiger charge is -2.68. The minimum Gasteiger partial charge on any atom is -0.462 e. The largest absolute Gasteiger partial charge is 0.462 e. The Morgan fingerprint density at radius 1 is 1.00 bits per heavy atom. The average Bonchev–Trinajstić information content (AvgIpc) is 2.81. The summed E-state index contributed by atoms with van der Waals surface area (Å²) in [5.74, 6) is -0.0721. The molecule has 0 amide bonds. The Morgan fingerprint density at radius 3 is 2.33 bits per heavy atom. The van der Waals surface area contributed by atoms with Crippen LogP contribution in [0.1, 0.15) is 41.8 Å². The zero-order valence-corrected chi connectivity index (χ0v) is 18.1. The molecule has 1 aromatic rings. The Balaban J connectivity index is 1.34.